The number of nitrogens with zero attached hydrogens (tertiary/aromatic N) is 1. The Morgan fingerprint density at radius 1 is 1.00 bits per heavy atom. The van der Waals surface area contributed by atoms with E-state index >= 15 is 0 Å². The van der Waals surface area contributed by atoms with E-state index in [0.29, 0.717) is 5.56 Å². The molecule has 2 aliphatic rings. The lowest BCUT2D eigenvalue weighted by molar-refractivity contribution is 0.100. The minimum atomic E-state index is -0.372. The first-order chi connectivity index (χ1) is 11.7. The molecule has 1 aliphatic heterocycles. The van der Waals surface area contributed by atoms with E-state index in [1.54, 1.807) is 6.07 Å². The van der Waals surface area contributed by atoms with Crippen molar-refractivity contribution >= 4 is 5.91 Å². The van der Waals surface area contributed by atoms with Crippen molar-refractivity contribution in [2.45, 2.75) is 38.1 Å². The first-order valence-corrected chi connectivity index (χ1v) is 8.97. The van der Waals surface area contributed by atoms with Crippen LogP contribution in [-0.2, 0) is 12.8 Å². The summed E-state index contributed by atoms with van der Waals surface area (Å²) in [6, 6.07) is 15.1. The van der Waals surface area contributed by atoms with Crippen LogP contribution in [0.1, 0.15) is 40.7 Å². The molecule has 3 nitrogen and oxygen atoms in total. The van der Waals surface area contributed by atoms with Gasteiger partial charge in [-0.3, -0.25) is 4.79 Å². The van der Waals surface area contributed by atoms with Gasteiger partial charge in [-0.2, -0.15) is 0 Å². The van der Waals surface area contributed by atoms with Crippen molar-refractivity contribution in [3.63, 3.8) is 0 Å². The quantitative estimate of drug-likeness (QED) is 0.942. The fourth-order valence-corrected chi connectivity index (χ4v) is 4.19. The lowest BCUT2D eigenvalue weighted by Gasteiger charge is -2.32. The molecule has 0 saturated carbocycles. The number of carbonyl (C=O) groups excluding carboxylic acids is 1. The maximum atomic E-state index is 11.4. The van der Waals surface area contributed by atoms with Crippen molar-refractivity contribution in [1.82, 2.24) is 4.90 Å². The molecule has 1 saturated heterocycles. The largest absolute Gasteiger partial charge is 0.366 e. The van der Waals surface area contributed by atoms with Gasteiger partial charge in [-0.15, -0.1) is 0 Å². The Bertz CT molecular complexity index is 762. The Kier molecular flexibility index (Phi) is 4.11. The summed E-state index contributed by atoms with van der Waals surface area (Å²) in [7, 11) is 0. The van der Waals surface area contributed by atoms with Crippen LogP contribution in [-0.4, -0.2) is 29.9 Å². The number of carbonyl (C=O) groups is 1. The molecule has 2 aromatic rings. The third-order valence-corrected chi connectivity index (χ3v) is 5.55. The number of nitrogens with two attached hydrogens (primary N) is 1. The summed E-state index contributed by atoms with van der Waals surface area (Å²) in [4.78, 5) is 14.1. The SMILES string of the molecule is NC(=O)c1cccc(-c2ccc3c(c2)CC[C@H](N2CCCC2)C3)c1. The molecule has 2 N–H and O–H groups in total. The summed E-state index contributed by atoms with van der Waals surface area (Å²) < 4.78 is 0. The highest BCUT2D eigenvalue weighted by Gasteiger charge is 2.26. The van der Waals surface area contributed by atoms with E-state index in [-0.39, 0.29) is 5.91 Å². The van der Waals surface area contributed by atoms with Gasteiger partial charge in [0.1, 0.15) is 0 Å². The molecule has 124 valence electrons. The Hall–Kier alpha value is -2.13. The fraction of sp³-hybridized carbons (Fsp3) is 0.381. The van der Waals surface area contributed by atoms with E-state index in [4.69, 9.17) is 5.73 Å². The summed E-state index contributed by atoms with van der Waals surface area (Å²) in [6.45, 7) is 2.55. The van der Waals surface area contributed by atoms with Crippen LogP contribution >= 0.6 is 0 Å². The number of primary amides is 1. The van der Waals surface area contributed by atoms with Gasteiger partial charge in [-0.25, -0.2) is 0 Å². The molecule has 0 bridgehead atoms. The first-order valence-electron chi connectivity index (χ1n) is 8.97. The van der Waals surface area contributed by atoms with Crippen LogP contribution in [0.2, 0.25) is 0 Å². The summed E-state index contributed by atoms with van der Waals surface area (Å²) in [6.07, 6.45) is 6.31. The molecule has 0 spiro atoms. The molecule has 0 radical (unpaired) electrons. The van der Waals surface area contributed by atoms with Crippen molar-refractivity contribution in [2.75, 3.05) is 13.1 Å². The van der Waals surface area contributed by atoms with Crippen LogP contribution in [0.25, 0.3) is 11.1 Å². The molecule has 0 aromatic heterocycles. The van der Waals surface area contributed by atoms with Crippen molar-refractivity contribution in [3.8, 4) is 11.1 Å². The van der Waals surface area contributed by atoms with Crippen LogP contribution < -0.4 is 5.73 Å². The number of amides is 1. The van der Waals surface area contributed by atoms with E-state index in [2.05, 4.69) is 23.1 Å². The average Bonchev–Trinajstić information content (AvgIpc) is 3.15. The predicted octanol–water partition coefficient (Wildman–Crippen LogP) is 3.41. The normalized spacial score (nSPS) is 20.8. The molecule has 0 unspecified atom stereocenters. The summed E-state index contributed by atoms with van der Waals surface area (Å²) in [5, 5.41) is 0. The van der Waals surface area contributed by atoms with E-state index in [1.165, 1.54) is 55.5 Å². The maximum absolute atomic E-state index is 11.4. The topological polar surface area (TPSA) is 46.3 Å². The van der Waals surface area contributed by atoms with Crippen LogP contribution in [0, 0.1) is 0 Å². The van der Waals surface area contributed by atoms with Gasteiger partial charge < -0.3 is 10.6 Å². The van der Waals surface area contributed by atoms with Gasteiger partial charge in [0.25, 0.3) is 0 Å². The minimum Gasteiger partial charge on any atom is -0.366 e. The average molecular weight is 320 g/mol. The Balaban J connectivity index is 1.58. The van der Waals surface area contributed by atoms with Crippen LogP contribution in [0.4, 0.5) is 0 Å². The zero-order valence-electron chi connectivity index (χ0n) is 14.0. The van der Waals surface area contributed by atoms with E-state index in [1.807, 2.05) is 18.2 Å². The van der Waals surface area contributed by atoms with Gasteiger partial charge in [0.2, 0.25) is 5.91 Å². The molecule has 4 rings (SSSR count). The molecular formula is C21H24N2O. The maximum Gasteiger partial charge on any atom is 0.248 e. The standard InChI is InChI=1S/C21H24N2O/c22-21(24)19-5-3-4-15(13-19)16-6-7-18-14-20(9-8-17(18)12-16)23-10-1-2-11-23/h3-7,12-13,20H,1-2,8-11,14H2,(H2,22,24)/t20-/m0/s1. The Morgan fingerprint density at radius 2 is 1.79 bits per heavy atom. The highest BCUT2D eigenvalue weighted by Crippen LogP contribution is 2.30. The predicted molar refractivity (Wildman–Crippen MR) is 97.0 cm³/mol. The smallest absolute Gasteiger partial charge is 0.248 e. The molecule has 1 atom stereocenters. The van der Waals surface area contributed by atoms with Crippen LogP contribution in [0.15, 0.2) is 42.5 Å². The summed E-state index contributed by atoms with van der Waals surface area (Å²) in [5.41, 5.74) is 11.2. The van der Waals surface area contributed by atoms with Gasteiger partial charge in [0.15, 0.2) is 0 Å². The second kappa shape index (κ2) is 6.40. The minimum absolute atomic E-state index is 0.372. The Labute approximate surface area is 143 Å². The molecule has 1 amide bonds. The van der Waals surface area contributed by atoms with Gasteiger partial charge in [0.05, 0.1) is 0 Å². The number of benzene rings is 2. The third kappa shape index (κ3) is 2.96. The van der Waals surface area contributed by atoms with Gasteiger partial charge in [0, 0.05) is 11.6 Å². The van der Waals surface area contributed by atoms with Gasteiger partial charge in [-0.1, -0.05) is 30.3 Å². The second-order valence-corrected chi connectivity index (χ2v) is 7.07. The monoisotopic (exact) mass is 320 g/mol. The van der Waals surface area contributed by atoms with Crippen LogP contribution in [0.3, 0.4) is 0 Å². The molecular weight excluding hydrogens is 296 g/mol. The number of fused-ring (bicyclic) bond motifs is 1. The summed E-state index contributed by atoms with van der Waals surface area (Å²) in [5.74, 6) is -0.372. The zero-order valence-corrected chi connectivity index (χ0v) is 14.0. The van der Waals surface area contributed by atoms with Gasteiger partial charge in [-0.05, 0) is 79.6 Å². The highest BCUT2D eigenvalue weighted by molar-refractivity contribution is 5.94. The van der Waals surface area contributed by atoms with Crippen molar-refractivity contribution in [2.24, 2.45) is 5.73 Å². The Morgan fingerprint density at radius 3 is 2.58 bits per heavy atom. The van der Waals surface area contributed by atoms with Crippen molar-refractivity contribution in [1.29, 1.82) is 0 Å². The molecule has 24 heavy (non-hydrogen) atoms. The van der Waals surface area contributed by atoms with Crippen molar-refractivity contribution in [3.05, 3.63) is 59.2 Å². The van der Waals surface area contributed by atoms with E-state index in [9.17, 15) is 4.79 Å². The lowest BCUT2D eigenvalue weighted by atomic mass is 9.85. The molecule has 1 heterocycles. The third-order valence-electron chi connectivity index (χ3n) is 5.55. The molecule has 2 aromatic carbocycles. The molecule has 3 heteroatoms. The van der Waals surface area contributed by atoms with Crippen LogP contribution in [0.5, 0.6) is 0 Å². The second-order valence-electron chi connectivity index (χ2n) is 7.07. The summed E-state index contributed by atoms with van der Waals surface area (Å²) >= 11 is 0. The van der Waals surface area contributed by atoms with E-state index < -0.39 is 0 Å². The number of rotatable bonds is 3. The molecule has 1 fully saturated rings. The lowest BCUT2D eigenvalue weighted by Crippen LogP contribution is -2.37. The number of hydrogen-bond donors (Lipinski definition) is 1. The fourth-order valence-electron chi connectivity index (χ4n) is 4.19. The van der Waals surface area contributed by atoms with Crippen molar-refractivity contribution < 1.29 is 4.79 Å². The highest BCUT2D eigenvalue weighted by atomic mass is 16.1. The van der Waals surface area contributed by atoms with E-state index in [0.717, 1.165) is 18.0 Å². The number of hydrogen-bond acceptors (Lipinski definition) is 2. The first kappa shape index (κ1) is 15.4. The zero-order chi connectivity index (χ0) is 16.5. The number of aryl methyl sites for hydroxylation is 1. The molecule has 1 aliphatic carbocycles. The van der Waals surface area contributed by atoms with Gasteiger partial charge >= 0.3 is 0 Å². The number of likely N-dealkylation sites (tertiary alicyclic amines) is 1.